The summed E-state index contributed by atoms with van der Waals surface area (Å²) in [6.45, 7) is 1.99. The van der Waals surface area contributed by atoms with Crippen molar-refractivity contribution in [2.45, 2.75) is 25.1 Å². The molecule has 1 unspecified atom stereocenters. The van der Waals surface area contributed by atoms with Gasteiger partial charge in [-0.25, -0.2) is 0 Å². The molecular weight excluding hydrogens is 404 g/mol. The maximum atomic E-state index is 12.5. The van der Waals surface area contributed by atoms with E-state index in [1.807, 2.05) is 30.3 Å². The fourth-order valence-electron chi connectivity index (χ4n) is 3.88. The van der Waals surface area contributed by atoms with E-state index in [1.54, 1.807) is 24.3 Å². The molecule has 1 fully saturated rings. The van der Waals surface area contributed by atoms with Gasteiger partial charge >= 0.3 is 0 Å². The molecule has 8 heteroatoms. The van der Waals surface area contributed by atoms with Crippen LogP contribution in [0.25, 0.3) is 6.08 Å². The monoisotopic (exact) mass is 432 g/mol. The molecule has 1 saturated heterocycles. The molecular formula is C24H28N6O2. The predicted octanol–water partition coefficient (Wildman–Crippen LogP) is 2.36. The lowest BCUT2D eigenvalue weighted by Crippen LogP contribution is -2.43. The van der Waals surface area contributed by atoms with Gasteiger partial charge in [-0.2, -0.15) is 5.10 Å². The van der Waals surface area contributed by atoms with Crippen molar-refractivity contribution in [3.63, 3.8) is 0 Å². The summed E-state index contributed by atoms with van der Waals surface area (Å²) in [6.07, 6.45) is 4.34. The summed E-state index contributed by atoms with van der Waals surface area (Å²) >= 11 is 0. The largest absolute Gasteiger partial charge is 0.369 e. The Hall–Kier alpha value is -3.49. The van der Waals surface area contributed by atoms with Gasteiger partial charge in [-0.3, -0.25) is 9.79 Å². The van der Waals surface area contributed by atoms with Crippen LogP contribution < -0.4 is 16.5 Å². The van der Waals surface area contributed by atoms with Gasteiger partial charge in [0, 0.05) is 22.9 Å². The van der Waals surface area contributed by atoms with E-state index in [9.17, 15) is 9.90 Å². The van der Waals surface area contributed by atoms with Gasteiger partial charge < -0.3 is 26.5 Å². The van der Waals surface area contributed by atoms with Crippen molar-refractivity contribution < 1.29 is 9.90 Å². The van der Waals surface area contributed by atoms with Crippen molar-refractivity contribution in [3.05, 3.63) is 65.2 Å². The number of likely N-dealkylation sites (tertiary alicyclic amines) is 1. The highest BCUT2D eigenvalue weighted by atomic mass is 16.3. The van der Waals surface area contributed by atoms with Crippen molar-refractivity contribution in [2.75, 3.05) is 25.5 Å². The van der Waals surface area contributed by atoms with Crippen LogP contribution in [-0.4, -0.2) is 60.2 Å². The number of carbonyl (C=O) groups excluding carboxylic acids is 1. The third kappa shape index (κ3) is 5.04. The summed E-state index contributed by atoms with van der Waals surface area (Å²) in [6, 6.07) is 14.9. The molecule has 0 aromatic heterocycles. The molecule has 1 amide bonds. The number of aliphatic hydroxyl groups excluding tert-OH is 1. The molecule has 5 N–H and O–H groups in total. The van der Waals surface area contributed by atoms with E-state index in [2.05, 4.69) is 32.7 Å². The van der Waals surface area contributed by atoms with Crippen LogP contribution in [0.2, 0.25) is 0 Å². The van der Waals surface area contributed by atoms with Gasteiger partial charge in [-0.1, -0.05) is 18.2 Å². The Bertz CT molecular complexity index is 1050. The second-order valence-electron chi connectivity index (χ2n) is 8.10. The third-order valence-corrected chi connectivity index (χ3v) is 5.81. The van der Waals surface area contributed by atoms with E-state index in [0.717, 1.165) is 37.2 Å². The highest BCUT2D eigenvalue weighted by Crippen LogP contribution is 2.26. The van der Waals surface area contributed by atoms with Crippen LogP contribution in [0.5, 0.6) is 0 Å². The van der Waals surface area contributed by atoms with E-state index >= 15 is 0 Å². The number of fused-ring (bicyclic) bond motifs is 1. The summed E-state index contributed by atoms with van der Waals surface area (Å²) in [4.78, 5) is 19.2. The molecule has 2 aromatic carbocycles. The average Bonchev–Trinajstić information content (AvgIpc) is 2.81. The maximum Gasteiger partial charge on any atom is 0.251 e. The average molecular weight is 433 g/mol. The van der Waals surface area contributed by atoms with Crippen molar-refractivity contribution in [3.8, 4) is 0 Å². The Morgan fingerprint density at radius 3 is 2.62 bits per heavy atom. The second-order valence-corrected chi connectivity index (χ2v) is 8.10. The molecule has 4 rings (SSSR count). The van der Waals surface area contributed by atoms with Gasteiger partial charge in [0.25, 0.3) is 5.91 Å². The topological polar surface area (TPSA) is 115 Å². The van der Waals surface area contributed by atoms with E-state index in [4.69, 9.17) is 5.84 Å². The zero-order valence-electron chi connectivity index (χ0n) is 18.0. The van der Waals surface area contributed by atoms with Gasteiger partial charge in [0.2, 0.25) is 0 Å². The fraction of sp³-hybridized carbons (Fsp3) is 0.292. The number of amides is 1. The summed E-state index contributed by atoms with van der Waals surface area (Å²) in [5.41, 5.74) is 3.92. The Labute approximate surface area is 187 Å². The quantitative estimate of drug-likeness (QED) is 0.329. The van der Waals surface area contributed by atoms with Crippen molar-refractivity contribution in [1.82, 2.24) is 10.2 Å². The summed E-state index contributed by atoms with van der Waals surface area (Å²) in [7, 11) is 2.10. The van der Waals surface area contributed by atoms with Gasteiger partial charge in [0.15, 0.2) is 6.23 Å². The minimum absolute atomic E-state index is 0.0699. The number of hydrogen-bond donors (Lipinski definition) is 4. The number of rotatable bonds is 5. The predicted molar refractivity (Wildman–Crippen MR) is 128 cm³/mol. The van der Waals surface area contributed by atoms with Crippen LogP contribution in [0.15, 0.2) is 64.2 Å². The van der Waals surface area contributed by atoms with Crippen LogP contribution in [0.4, 0.5) is 11.4 Å². The number of hydrazone groups is 1. The maximum absolute atomic E-state index is 12.5. The van der Waals surface area contributed by atoms with Crippen LogP contribution in [0.3, 0.4) is 0 Å². The molecule has 0 aliphatic carbocycles. The first-order chi connectivity index (χ1) is 15.5. The van der Waals surface area contributed by atoms with E-state index in [1.165, 1.54) is 6.21 Å². The molecule has 0 saturated carbocycles. The van der Waals surface area contributed by atoms with Crippen LogP contribution in [-0.2, 0) is 0 Å². The molecule has 0 spiro atoms. The minimum Gasteiger partial charge on any atom is -0.369 e. The van der Waals surface area contributed by atoms with Gasteiger partial charge in [-0.15, -0.1) is 0 Å². The molecule has 8 nitrogen and oxygen atoms in total. The number of piperidine rings is 1. The molecule has 2 aliphatic heterocycles. The van der Waals surface area contributed by atoms with E-state index in [-0.39, 0.29) is 11.9 Å². The summed E-state index contributed by atoms with van der Waals surface area (Å²) in [5, 5.41) is 20.4. The zero-order chi connectivity index (χ0) is 22.5. The smallest absolute Gasteiger partial charge is 0.251 e. The number of hydrogen-bond acceptors (Lipinski definition) is 7. The summed E-state index contributed by atoms with van der Waals surface area (Å²) < 4.78 is 0. The van der Waals surface area contributed by atoms with E-state index < -0.39 is 6.23 Å². The zero-order valence-corrected chi connectivity index (χ0v) is 18.0. The number of aliphatic hydroxyl groups is 1. The molecule has 0 bridgehead atoms. The van der Waals surface area contributed by atoms with Crippen LogP contribution >= 0.6 is 0 Å². The minimum atomic E-state index is -0.940. The first-order valence-electron chi connectivity index (χ1n) is 10.7. The van der Waals surface area contributed by atoms with Crippen molar-refractivity contribution in [2.24, 2.45) is 15.9 Å². The molecule has 0 radical (unpaired) electrons. The standard InChI is InChI=1S/C24H28N6O2/c1-30-12-10-19(11-13-30)27-23(31)16-6-8-18(9-7-16)26-15-22(29-25)20-14-17-4-2-3-5-21(17)28-24(20)32/h2-9,14-15,19,24,28,32H,10-13,25H2,1H3,(H,27,31). The number of carbonyl (C=O) groups is 1. The Morgan fingerprint density at radius 2 is 1.91 bits per heavy atom. The SMILES string of the molecule is CN1CCC(NC(=O)c2ccc(N=CC(=NN)C3=Cc4ccccc4NC3O)cc2)CC1. The number of nitrogens with two attached hydrogens (primary N) is 1. The van der Waals surface area contributed by atoms with Crippen molar-refractivity contribution in [1.29, 1.82) is 0 Å². The molecule has 2 aromatic rings. The fourth-order valence-corrected chi connectivity index (χ4v) is 3.88. The molecule has 2 aliphatic rings. The first-order valence-corrected chi connectivity index (χ1v) is 10.7. The van der Waals surface area contributed by atoms with Gasteiger partial charge in [0.05, 0.1) is 11.9 Å². The third-order valence-electron chi connectivity index (χ3n) is 5.81. The lowest BCUT2D eigenvalue weighted by Gasteiger charge is -2.29. The lowest BCUT2D eigenvalue weighted by molar-refractivity contribution is 0.0917. The Balaban J connectivity index is 1.42. The van der Waals surface area contributed by atoms with Gasteiger partial charge in [-0.05, 0) is 75.0 Å². The molecule has 32 heavy (non-hydrogen) atoms. The number of anilines is 1. The van der Waals surface area contributed by atoms with E-state index in [0.29, 0.717) is 22.5 Å². The highest BCUT2D eigenvalue weighted by Gasteiger charge is 2.22. The number of aliphatic imine (C=N–C) groups is 1. The normalized spacial score (nSPS) is 19.9. The lowest BCUT2D eigenvalue weighted by atomic mass is 10.00. The van der Waals surface area contributed by atoms with Crippen molar-refractivity contribution >= 4 is 35.3 Å². The summed E-state index contributed by atoms with van der Waals surface area (Å²) in [5.74, 6) is 5.50. The number of benzene rings is 2. The second kappa shape index (κ2) is 9.76. The number of para-hydroxylation sites is 1. The highest BCUT2D eigenvalue weighted by molar-refractivity contribution is 6.40. The Kier molecular flexibility index (Phi) is 6.63. The number of nitrogens with one attached hydrogen (secondary N) is 2. The molecule has 1 atom stereocenters. The van der Waals surface area contributed by atoms with Crippen LogP contribution in [0, 0.1) is 0 Å². The Morgan fingerprint density at radius 1 is 1.19 bits per heavy atom. The van der Waals surface area contributed by atoms with Gasteiger partial charge in [0.1, 0.15) is 5.71 Å². The van der Waals surface area contributed by atoms with Crippen LogP contribution in [0.1, 0.15) is 28.8 Å². The molecule has 2 heterocycles. The number of nitrogens with zero attached hydrogens (tertiary/aromatic N) is 3. The molecule has 166 valence electrons. The first kappa shape index (κ1) is 21.7.